The summed E-state index contributed by atoms with van der Waals surface area (Å²) in [7, 11) is 0. The normalized spacial score (nSPS) is 46.7. The van der Waals surface area contributed by atoms with Gasteiger partial charge in [0.1, 0.15) is 0 Å². The summed E-state index contributed by atoms with van der Waals surface area (Å²) >= 11 is 0. The first-order valence-corrected chi connectivity index (χ1v) is 5.22. The molecule has 4 nitrogen and oxygen atoms in total. The Labute approximate surface area is 89.2 Å². The van der Waals surface area contributed by atoms with Crippen LogP contribution < -0.4 is 5.73 Å². The van der Waals surface area contributed by atoms with Crippen LogP contribution in [0.4, 0.5) is 0 Å². The second kappa shape index (κ2) is 2.36. The maximum atomic E-state index is 11.8. The number of fused-ring (bicyclic) bond motifs is 2. The lowest BCUT2D eigenvalue weighted by atomic mass is 9.65. The Kier molecular flexibility index (Phi) is 1.65. The Hall–Kier alpha value is -1.06. The Morgan fingerprint density at radius 1 is 1.47 bits per heavy atom. The maximum absolute atomic E-state index is 11.8. The number of esters is 1. The maximum Gasteiger partial charge on any atom is 0.313 e. The van der Waals surface area contributed by atoms with E-state index < -0.39 is 16.9 Å². The van der Waals surface area contributed by atoms with Crippen molar-refractivity contribution in [3.8, 4) is 0 Å². The van der Waals surface area contributed by atoms with E-state index in [2.05, 4.69) is 0 Å². The summed E-state index contributed by atoms with van der Waals surface area (Å²) in [6, 6.07) is 0. The minimum absolute atomic E-state index is 0.0369. The molecule has 1 aliphatic carbocycles. The van der Waals surface area contributed by atoms with Crippen LogP contribution in [-0.4, -0.2) is 17.5 Å². The topological polar surface area (TPSA) is 69.4 Å². The van der Waals surface area contributed by atoms with Crippen molar-refractivity contribution in [1.82, 2.24) is 0 Å². The minimum atomic E-state index is -1.07. The molecule has 4 heteroatoms. The van der Waals surface area contributed by atoms with Crippen LogP contribution in [0.2, 0.25) is 0 Å². The number of rotatable bonds is 1. The molecule has 0 spiro atoms. The lowest BCUT2D eigenvalue weighted by Crippen LogP contribution is -2.54. The van der Waals surface area contributed by atoms with Crippen LogP contribution in [0.3, 0.4) is 0 Å². The van der Waals surface area contributed by atoms with Crippen LogP contribution in [0.1, 0.15) is 34.1 Å². The average Bonchev–Trinajstić information content (AvgIpc) is 2.46. The van der Waals surface area contributed by atoms with Gasteiger partial charge in [0, 0.05) is 12.3 Å². The third kappa shape index (κ3) is 0.840. The second-order valence-electron chi connectivity index (χ2n) is 5.60. The zero-order chi connectivity index (χ0) is 11.6. The molecular weight excluding hydrogens is 194 g/mol. The van der Waals surface area contributed by atoms with Crippen molar-refractivity contribution in [2.45, 2.75) is 39.7 Å². The van der Waals surface area contributed by atoms with Crippen LogP contribution in [0.5, 0.6) is 0 Å². The van der Waals surface area contributed by atoms with Gasteiger partial charge in [0.25, 0.3) is 5.91 Å². The van der Waals surface area contributed by atoms with Gasteiger partial charge in [-0.15, -0.1) is 0 Å². The van der Waals surface area contributed by atoms with Crippen LogP contribution in [-0.2, 0) is 14.3 Å². The fourth-order valence-corrected chi connectivity index (χ4v) is 3.06. The van der Waals surface area contributed by atoms with Crippen molar-refractivity contribution in [2.75, 3.05) is 0 Å². The lowest BCUT2D eigenvalue weighted by molar-refractivity contribution is -0.182. The van der Waals surface area contributed by atoms with Gasteiger partial charge in [0.15, 0.2) is 5.60 Å². The van der Waals surface area contributed by atoms with Crippen LogP contribution >= 0.6 is 0 Å². The van der Waals surface area contributed by atoms with E-state index in [-0.39, 0.29) is 17.3 Å². The number of hydrogen-bond donors (Lipinski definition) is 1. The van der Waals surface area contributed by atoms with Crippen LogP contribution in [0.15, 0.2) is 0 Å². The summed E-state index contributed by atoms with van der Waals surface area (Å²) in [6.07, 6.45) is 0.419. The first-order chi connectivity index (χ1) is 6.68. The van der Waals surface area contributed by atoms with E-state index in [1.807, 2.05) is 27.7 Å². The Morgan fingerprint density at radius 2 is 2.00 bits per heavy atom. The molecule has 2 N–H and O–H groups in total. The van der Waals surface area contributed by atoms with Crippen molar-refractivity contribution in [3.63, 3.8) is 0 Å². The van der Waals surface area contributed by atoms with Gasteiger partial charge in [0.05, 0.1) is 5.41 Å². The van der Waals surface area contributed by atoms with Crippen molar-refractivity contribution >= 4 is 11.9 Å². The first kappa shape index (κ1) is 10.5. The number of ether oxygens (including phenoxy) is 1. The molecule has 2 rings (SSSR count). The minimum Gasteiger partial charge on any atom is -0.448 e. The largest absolute Gasteiger partial charge is 0.448 e. The van der Waals surface area contributed by atoms with Gasteiger partial charge in [-0.1, -0.05) is 20.8 Å². The molecule has 15 heavy (non-hydrogen) atoms. The second-order valence-corrected chi connectivity index (χ2v) is 5.60. The SMILES string of the molecule is CC1C2(C(N)=O)CC(C)(C(=O)O2)C1(C)C. The van der Waals surface area contributed by atoms with Crippen molar-refractivity contribution in [2.24, 2.45) is 22.5 Å². The van der Waals surface area contributed by atoms with Gasteiger partial charge in [0.2, 0.25) is 0 Å². The molecule has 0 aromatic carbocycles. The number of primary amides is 1. The molecule has 1 heterocycles. The van der Waals surface area contributed by atoms with E-state index in [4.69, 9.17) is 10.5 Å². The number of carbonyl (C=O) groups excluding carboxylic acids is 2. The highest BCUT2D eigenvalue weighted by Crippen LogP contribution is 2.66. The fraction of sp³-hybridized carbons (Fsp3) is 0.818. The van der Waals surface area contributed by atoms with Gasteiger partial charge in [-0.2, -0.15) is 0 Å². The zero-order valence-corrected chi connectivity index (χ0v) is 9.59. The number of nitrogens with two attached hydrogens (primary N) is 1. The van der Waals surface area contributed by atoms with Gasteiger partial charge >= 0.3 is 5.97 Å². The Balaban J connectivity index is 2.59. The highest BCUT2D eigenvalue weighted by molar-refractivity contribution is 5.94. The molecular formula is C11H17NO3. The Bertz CT molecular complexity index is 363. The van der Waals surface area contributed by atoms with Crippen molar-refractivity contribution < 1.29 is 14.3 Å². The highest BCUT2D eigenvalue weighted by atomic mass is 16.6. The number of carbonyl (C=O) groups is 2. The van der Waals surface area contributed by atoms with Crippen molar-refractivity contribution in [3.05, 3.63) is 0 Å². The predicted molar refractivity (Wildman–Crippen MR) is 53.7 cm³/mol. The Morgan fingerprint density at radius 3 is 2.33 bits per heavy atom. The summed E-state index contributed by atoms with van der Waals surface area (Å²) in [5.41, 5.74) is 3.48. The molecule has 84 valence electrons. The molecule has 1 saturated heterocycles. The standard InChI is InChI=1S/C11H17NO3/c1-6-9(2,3)10(4)5-11(6,7(12)13)15-8(10)14/h6H,5H2,1-4H3,(H2,12,13). The van der Waals surface area contributed by atoms with Gasteiger partial charge in [-0.25, -0.2) is 0 Å². The molecule has 1 amide bonds. The summed E-state index contributed by atoms with van der Waals surface area (Å²) in [5, 5.41) is 0. The van der Waals surface area contributed by atoms with E-state index in [0.29, 0.717) is 6.42 Å². The first-order valence-electron chi connectivity index (χ1n) is 5.22. The van der Waals surface area contributed by atoms with Gasteiger partial charge in [-0.05, 0) is 12.3 Å². The molecule has 0 aromatic heterocycles. The van der Waals surface area contributed by atoms with E-state index in [9.17, 15) is 9.59 Å². The molecule has 2 bridgehead atoms. The summed E-state index contributed by atoms with van der Waals surface area (Å²) in [5.74, 6) is -0.841. The summed E-state index contributed by atoms with van der Waals surface area (Å²) < 4.78 is 5.25. The van der Waals surface area contributed by atoms with E-state index in [1.54, 1.807) is 0 Å². The van der Waals surface area contributed by atoms with E-state index in [1.165, 1.54) is 0 Å². The molecule has 3 unspecified atom stereocenters. The monoisotopic (exact) mass is 211 g/mol. The van der Waals surface area contributed by atoms with Gasteiger partial charge < -0.3 is 10.5 Å². The molecule has 0 aromatic rings. The molecule has 3 atom stereocenters. The number of hydrogen-bond acceptors (Lipinski definition) is 3. The molecule has 0 radical (unpaired) electrons. The van der Waals surface area contributed by atoms with Crippen LogP contribution in [0, 0.1) is 16.7 Å². The third-order valence-electron chi connectivity index (χ3n) is 4.96. The van der Waals surface area contributed by atoms with E-state index >= 15 is 0 Å². The highest BCUT2D eigenvalue weighted by Gasteiger charge is 2.75. The average molecular weight is 211 g/mol. The zero-order valence-electron chi connectivity index (χ0n) is 9.59. The summed E-state index contributed by atoms with van der Waals surface area (Å²) in [6.45, 7) is 7.80. The predicted octanol–water partition coefficient (Wildman–Crippen LogP) is 0.840. The molecule has 1 saturated carbocycles. The molecule has 2 fully saturated rings. The quantitative estimate of drug-likeness (QED) is 0.653. The molecule has 1 aliphatic heterocycles. The fourth-order valence-electron chi connectivity index (χ4n) is 3.06. The van der Waals surface area contributed by atoms with Crippen molar-refractivity contribution in [1.29, 1.82) is 0 Å². The van der Waals surface area contributed by atoms with Gasteiger partial charge in [-0.3, -0.25) is 9.59 Å². The third-order valence-corrected chi connectivity index (χ3v) is 4.96. The molecule has 2 aliphatic rings. The van der Waals surface area contributed by atoms with Crippen LogP contribution in [0.25, 0.3) is 0 Å². The number of amides is 1. The van der Waals surface area contributed by atoms with E-state index in [0.717, 1.165) is 0 Å². The summed E-state index contributed by atoms with van der Waals surface area (Å²) in [4.78, 5) is 23.3. The lowest BCUT2D eigenvalue weighted by Gasteiger charge is -2.43. The smallest absolute Gasteiger partial charge is 0.313 e.